The molecule has 4 fully saturated rings. The second-order valence-corrected chi connectivity index (χ2v) is 18.6. The van der Waals surface area contributed by atoms with E-state index in [-0.39, 0.29) is 23.6 Å². The third kappa shape index (κ3) is 6.08. The van der Waals surface area contributed by atoms with E-state index in [0.29, 0.717) is 24.1 Å². The van der Waals surface area contributed by atoms with Gasteiger partial charge in [-0.3, -0.25) is 19.2 Å². The maximum Gasteiger partial charge on any atom is 0.303 e. The van der Waals surface area contributed by atoms with Crippen molar-refractivity contribution < 1.29 is 22.7 Å². The standard InChI is InChI=1S/C43H53N7O5S/c1-6-47-24-33-22-32(47)25-48(33)43(52)38-26(2)44-50(31-13-10-14-31)40(38)30-19-29-20-34(55-5)16-18-35(29)41-39(27-11-8-7-9-12-27)36-17-15-28(21-37(36)49(41)23-30)42(51)45-56(53,54)46(3)4/h15-21,27,31-33H,6-14,22-25H2,1-5H3,(H,45,51)/t32-,33+/m1/s1. The summed E-state index contributed by atoms with van der Waals surface area (Å²) in [5.41, 5.74) is 8.85. The number of methoxy groups -OCH3 is 1. The highest BCUT2D eigenvalue weighted by molar-refractivity contribution is 7.87. The van der Waals surface area contributed by atoms with Crippen LogP contribution in [-0.4, -0.2) is 102 Å². The number of carbonyl (C=O) groups is 2. The number of fused-ring (bicyclic) bond motifs is 7. The number of nitrogens with one attached hydrogen (secondary N) is 1. The smallest absolute Gasteiger partial charge is 0.303 e. The zero-order valence-electron chi connectivity index (χ0n) is 33.2. The SMILES string of the molecule is CCN1C[C@@H]2C[C@@H]1CN2C(=O)c1c(C)nn(C2CCC2)c1C1=Cc2cc(OC)ccc2-c2c(C3CCCCC3)c3ccc(C(=O)NS(=O)(=O)N(C)C)cc3n2C1. The lowest BCUT2D eigenvalue weighted by molar-refractivity contribution is 0.0629. The quantitative estimate of drug-likeness (QED) is 0.203. The van der Waals surface area contributed by atoms with Gasteiger partial charge in [0.15, 0.2) is 0 Å². The Kier molecular flexibility index (Phi) is 9.40. The van der Waals surface area contributed by atoms with Crippen molar-refractivity contribution >= 4 is 44.6 Å². The molecule has 1 N–H and O–H groups in total. The number of aryl methyl sites for hydroxylation is 1. The number of allylic oxidation sites excluding steroid dienone is 1. The Balaban J connectivity index is 1.25. The van der Waals surface area contributed by atoms with Crippen LogP contribution in [0, 0.1) is 6.92 Å². The number of benzene rings is 2. The Labute approximate surface area is 329 Å². The van der Waals surface area contributed by atoms with Gasteiger partial charge in [-0.1, -0.05) is 32.3 Å². The van der Waals surface area contributed by atoms with Crippen LogP contribution in [0.1, 0.15) is 120 Å². The van der Waals surface area contributed by atoms with E-state index in [2.05, 4.69) is 48.9 Å². The molecule has 56 heavy (non-hydrogen) atoms. The summed E-state index contributed by atoms with van der Waals surface area (Å²) in [7, 11) is 0.472. The molecule has 2 aromatic carbocycles. The highest BCUT2D eigenvalue weighted by atomic mass is 32.2. The monoisotopic (exact) mass is 779 g/mol. The number of likely N-dealkylation sites (N-methyl/N-ethyl adjacent to an activating group) is 1. The summed E-state index contributed by atoms with van der Waals surface area (Å²) in [6.45, 7) is 7.25. The Morgan fingerprint density at radius 2 is 1.73 bits per heavy atom. The van der Waals surface area contributed by atoms with Crippen LogP contribution in [0.15, 0.2) is 36.4 Å². The predicted molar refractivity (Wildman–Crippen MR) is 218 cm³/mol. The van der Waals surface area contributed by atoms with Crippen molar-refractivity contribution in [2.75, 3.05) is 40.8 Å². The molecule has 9 rings (SSSR count). The highest BCUT2D eigenvalue weighted by Crippen LogP contribution is 2.49. The highest BCUT2D eigenvalue weighted by Gasteiger charge is 2.46. The zero-order valence-corrected chi connectivity index (χ0v) is 34.0. The molecule has 13 heteroatoms. The molecule has 2 atom stereocenters. The van der Waals surface area contributed by atoms with Crippen LogP contribution >= 0.6 is 0 Å². The molecule has 5 heterocycles. The predicted octanol–water partition coefficient (Wildman–Crippen LogP) is 6.60. The first-order valence-electron chi connectivity index (χ1n) is 20.4. The van der Waals surface area contributed by atoms with Crippen molar-refractivity contribution in [3.05, 3.63) is 70.0 Å². The fourth-order valence-corrected chi connectivity index (χ4v) is 10.7. The number of rotatable bonds is 9. The molecule has 0 radical (unpaired) electrons. The number of nitrogens with zero attached hydrogens (tertiary/aromatic N) is 6. The van der Waals surface area contributed by atoms with Gasteiger partial charge >= 0.3 is 10.2 Å². The maximum atomic E-state index is 14.9. The van der Waals surface area contributed by atoms with Gasteiger partial charge in [-0.05, 0) is 111 Å². The van der Waals surface area contributed by atoms with Crippen LogP contribution in [0.25, 0.3) is 33.8 Å². The van der Waals surface area contributed by atoms with Crippen molar-refractivity contribution in [1.82, 2.24) is 33.2 Å². The first-order valence-corrected chi connectivity index (χ1v) is 21.9. The van der Waals surface area contributed by atoms with Crippen LogP contribution < -0.4 is 9.46 Å². The summed E-state index contributed by atoms with van der Waals surface area (Å²) in [5.74, 6) is 0.445. The fraction of sp³-hybridized carbons (Fsp3) is 0.512. The van der Waals surface area contributed by atoms with E-state index in [0.717, 1.165) is 126 Å². The number of piperazine rings is 1. The topological polar surface area (TPSA) is 122 Å². The molecular formula is C43H53N7O5S. The van der Waals surface area contributed by atoms with Gasteiger partial charge in [-0.15, -0.1) is 0 Å². The molecule has 2 bridgehead atoms. The van der Waals surface area contributed by atoms with E-state index < -0.39 is 16.1 Å². The number of amides is 2. The van der Waals surface area contributed by atoms with E-state index in [1.54, 1.807) is 13.2 Å². The largest absolute Gasteiger partial charge is 0.497 e. The molecule has 5 aliphatic rings. The molecule has 0 spiro atoms. The fourth-order valence-electron chi connectivity index (χ4n) is 10.1. The van der Waals surface area contributed by atoms with E-state index in [1.807, 2.05) is 25.1 Å². The van der Waals surface area contributed by atoms with Gasteiger partial charge in [0.05, 0.1) is 42.3 Å². The Morgan fingerprint density at radius 1 is 0.946 bits per heavy atom. The number of carbonyl (C=O) groups excluding carboxylic acids is 2. The van der Waals surface area contributed by atoms with E-state index in [4.69, 9.17) is 9.84 Å². The minimum Gasteiger partial charge on any atom is -0.497 e. The number of likely N-dealkylation sites (tertiary alicyclic amines) is 2. The van der Waals surface area contributed by atoms with Crippen LogP contribution in [0.2, 0.25) is 0 Å². The van der Waals surface area contributed by atoms with Gasteiger partial charge in [-0.25, -0.2) is 4.72 Å². The maximum absolute atomic E-state index is 14.9. The van der Waals surface area contributed by atoms with E-state index >= 15 is 0 Å². The van der Waals surface area contributed by atoms with Gasteiger partial charge in [0.1, 0.15) is 5.75 Å². The number of hydrogen-bond donors (Lipinski definition) is 1. The molecule has 12 nitrogen and oxygen atoms in total. The van der Waals surface area contributed by atoms with Crippen molar-refractivity contribution in [3.8, 4) is 17.0 Å². The molecule has 296 valence electrons. The average molecular weight is 780 g/mol. The molecule has 2 saturated heterocycles. The lowest BCUT2D eigenvalue weighted by Crippen LogP contribution is -2.48. The summed E-state index contributed by atoms with van der Waals surface area (Å²) < 4.78 is 39.0. The number of aromatic nitrogens is 3. The first-order chi connectivity index (χ1) is 27.0. The van der Waals surface area contributed by atoms with Gasteiger partial charge in [0, 0.05) is 61.3 Å². The molecule has 2 amide bonds. The summed E-state index contributed by atoms with van der Waals surface area (Å²) >= 11 is 0. The minimum absolute atomic E-state index is 0.0591. The molecule has 2 aliphatic carbocycles. The Morgan fingerprint density at radius 3 is 2.39 bits per heavy atom. The van der Waals surface area contributed by atoms with Gasteiger partial charge in [-0.2, -0.15) is 17.8 Å². The molecule has 2 aromatic heterocycles. The normalized spacial score (nSPS) is 21.5. The van der Waals surface area contributed by atoms with Crippen molar-refractivity contribution in [2.24, 2.45) is 0 Å². The number of hydrogen-bond acceptors (Lipinski definition) is 7. The van der Waals surface area contributed by atoms with Gasteiger partial charge in [0.2, 0.25) is 0 Å². The van der Waals surface area contributed by atoms with Gasteiger partial charge < -0.3 is 14.2 Å². The van der Waals surface area contributed by atoms with E-state index in [9.17, 15) is 18.0 Å². The summed E-state index contributed by atoms with van der Waals surface area (Å²) in [6.07, 6.45) is 12.0. The lowest BCUT2D eigenvalue weighted by Gasteiger charge is -2.34. The van der Waals surface area contributed by atoms with Gasteiger partial charge in [0.25, 0.3) is 11.8 Å². The zero-order chi connectivity index (χ0) is 39.0. The number of ether oxygens (including phenoxy) is 1. The van der Waals surface area contributed by atoms with Crippen LogP contribution in [0.4, 0.5) is 0 Å². The van der Waals surface area contributed by atoms with Crippen molar-refractivity contribution in [2.45, 2.75) is 102 Å². The van der Waals surface area contributed by atoms with Crippen LogP contribution in [0.3, 0.4) is 0 Å². The Hall–Kier alpha value is -4.46. The summed E-state index contributed by atoms with van der Waals surface area (Å²) in [5, 5.41) is 6.23. The molecule has 3 aliphatic heterocycles. The first kappa shape index (κ1) is 37.1. The second kappa shape index (κ2) is 14.2. The third-order valence-corrected chi connectivity index (χ3v) is 14.7. The van der Waals surface area contributed by atoms with Crippen LogP contribution in [-0.2, 0) is 16.8 Å². The molecular weight excluding hydrogens is 727 g/mol. The van der Waals surface area contributed by atoms with Crippen molar-refractivity contribution in [1.29, 1.82) is 0 Å². The molecule has 0 unspecified atom stereocenters. The van der Waals surface area contributed by atoms with E-state index in [1.165, 1.54) is 26.1 Å². The van der Waals surface area contributed by atoms with Crippen LogP contribution in [0.5, 0.6) is 5.75 Å². The third-order valence-electron chi connectivity index (χ3n) is 13.3. The second-order valence-electron chi connectivity index (χ2n) is 16.7. The average Bonchev–Trinajstić information content (AvgIpc) is 3.91. The summed E-state index contributed by atoms with van der Waals surface area (Å²) in [6, 6.07) is 12.6. The molecule has 4 aromatic rings. The Bertz CT molecular complexity index is 2380. The lowest BCUT2D eigenvalue weighted by atomic mass is 9.81. The summed E-state index contributed by atoms with van der Waals surface area (Å²) in [4.78, 5) is 33.1. The minimum atomic E-state index is -4.00. The molecule has 2 saturated carbocycles. The van der Waals surface area contributed by atoms with Crippen molar-refractivity contribution in [3.63, 3.8) is 0 Å².